The Balaban J connectivity index is 2.27. The van der Waals surface area contributed by atoms with Gasteiger partial charge < -0.3 is 15.2 Å². The molecule has 1 aromatic rings. The Kier molecular flexibility index (Phi) is 5.95. The lowest BCUT2D eigenvalue weighted by Gasteiger charge is -2.36. The van der Waals surface area contributed by atoms with Crippen molar-refractivity contribution in [2.75, 3.05) is 13.7 Å². The summed E-state index contributed by atoms with van der Waals surface area (Å²) in [5.41, 5.74) is 8.13. The molecule has 146 valence electrons. The predicted molar refractivity (Wildman–Crippen MR) is 108 cm³/mol. The van der Waals surface area contributed by atoms with Crippen molar-refractivity contribution in [1.29, 1.82) is 5.26 Å². The van der Waals surface area contributed by atoms with Crippen molar-refractivity contribution in [3.63, 3.8) is 0 Å². The van der Waals surface area contributed by atoms with Gasteiger partial charge in [-0.05, 0) is 31.2 Å². The second kappa shape index (κ2) is 8.40. The fraction of sp³-hybridized carbons (Fsp3) is 0.350. The van der Waals surface area contributed by atoms with Gasteiger partial charge in [0.1, 0.15) is 28.6 Å². The third-order valence-electron chi connectivity index (χ3n) is 4.48. The van der Waals surface area contributed by atoms with E-state index in [2.05, 4.69) is 11.1 Å². The average Bonchev–Trinajstić information content (AvgIpc) is 3.02. The number of carbonyl (C=O) groups is 1. The van der Waals surface area contributed by atoms with E-state index in [4.69, 9.17) is 15.2 Å². The summed E-state index contributed by atoms with van der Waals surface area (Å²) in [7, 11) is 1.58. The molecular weight excluding hydrogens is 376 g/mol. The number of ether oxygens (including phenoxy) is 2. The number of fused-ring (bicyclic) bond motifs is 1. The van der Waals surface area contributed by atoms with Gasteiger partial charge in [-0.15, -0.1) is 0 Å². The van der Waals surface area contributed by atoms with Crippen molar-refractivity contribution in [3.8, 4) is 11.8 Å². The molecule has 0 aliphatic carbocycles. The van der Waals surface area contributed by atoms with E-state index < -0.39 is 12.0 Å². The Labute approximate surface area is 168 Å². The van der Waals surface area contributed by atoms with Gasteiger partial charge in [0.05, 0.1) is 25.0 Å². The number of methoxy groups -OCH3 is 1. The molecule has 0 saturated carbocycles. The van der Waals surface area contributed by atoms with Gasteiger partial charge in [0, 0.05) is 5.56 Å². The first-order valence-electron chi connectivity index (χ1n) is 9.05. The van der Waals surface area contributed by atoms with Crippen LogP contribution in [-0.4, -0.2) is 29.8 Å². The number of aliphatic imine (C=N–C) groups is 1. The molecule has 0 saturated heterocycles. The number of nitrogens with two attached hydrogens (primary N) is 1. The van der Waals surface area contributed by atoms with E-state index in [9.17, 15) is 10.1 Å². The molecule has 0 aromatic heterocycles. The average molecular weight is 398 g/mol. The molecule has 7 nitrogen and oxygen atoms in total. The number of nitrogens with zero attached hydrogens (tertiary/aromatic N) is 3. The van der Waals surface area contributed by atoms with Crippen LogP contribution in [0.15, 0.2) is 51.3 Å². The van der Waals surface area contributed by atoms with Crippen molar-refractivity contribution in [2.24, 2.45) is 10.7 Å². The van der Waals surface area contributed by atoms with Crippen LogP contribution >= 0.6 is 11.8 Å². The highest BCUT2D eigenvalue weighted by atomic mass is 32.2. The zero-order valence-corrected chi connectivity index (χ0v) is 16.9. The van der Waals surface area contributed by atoms with E-state index in [-0.39, 0.29) is 12.4 Å². The molecular formula is C20H22N4O3S. The highest BCUT2D eigenvalue weighted by Gasteiger charge is 2.44. The van der Waals surface area contributed by atoms with E-state index in [1.54, 1.807) is 18.9 Å². The lowest BCUT2D eigenvalue weighted by Crippen LogP contribution is -2.39. The summed E-state index contributed by atoms with van der Waals surface area (Å²) in [5, 5.41) is 10.0. The number of para-hydroxylation sites is 1. The van der Waals surface area contributed by atoms with E-state index in [0.29, 0.717) is 33.5 Å². The van der Waals surface area contributed by atoms with Crippen LogP contribution in [0.1, 0.15) is 38.3 Å². The third-order valence-corrected chi connectivity index (χ3v) is 5.46. The Hall–Kier alpha value is -2.92. The molecule has 0 radical (unpaired) electrons. The van der Waals surface area contributed by atoms with Gasteiger partial charge >= 0.3 is 5.97 Å². The summed E-state index contributed by atoms with van der Waals surface area (Å²) >= 11 is 1.21. The largest absolute Gasteiger partial charge is 0.496 e. The molecule has 2 heterocycles. The molecule has 1 aromatic carbocycles. The molecule has 0 spiro atoms. The quantitative estimate of drug-likeness (QED) is 0.733. The lowest BCUT2D eigenvalue weighted by atomic mass is 9.92. The molecule has 28 heavy (non-hydrogen) atoms. The van der Waals surface area contributed by atoms with Gasteiger partial charge in [-0.2, -0.15) is 5.26 Å². The number of rotatable bonds is 6. The standard InChI is InChI=1S/C20H22N4O3S/c1-4-8-13-16(19(25)27-5-2)17(12-9-6-7-10-14(12)26-3)24-18(22)15(11-21)28-20(24)23-13/h6-7,9-10,17H,4-5,8,22H2,1-3H3/t17-/m0/s1. The number of thioether (sulfide) groups is 1. The number of hydrogen-bond donors (Lipinski definition) is 1. The van der Waals surface area contributed by atoms with Crippen molar-refractivity contribution in [3.05, 3.63) is 51.8 Å². The van der Waals surface area contributed by atoms with Gasteiger partial charge in [-0.25, -0.2) is 9.79 Å². The first kappa shape index (κ1) is 19.8. The number of hydrogen-bond acceptors (Lipinski definition) is 8. The van der Waals surface area contributed by atoms with Crippen LogP contribution in [0.2, 0.25) is 0 Å². The normalized spacial score (nSPS) is 18.6. The molecule has 1 atom stereocenters. The summed E-state index contributed by atoms with van der Waals surface area (Å²) in [6, 6.07) is 8.99. The van der Waals surface area contributed by atoms with Crippen molar-refractivity contribution >= 4 is 22.9 Å². The fourth-order valence-electron chi connectivity index (χ4n) is 3.33. The van der Waals surface area contributed by atoms with Crippen LogP contribution in [-0.2, 0) is 9.53 Å². The molecule has 0 bridgehead atoms. The second-order valence-corrected chi connectivity index (χ2v) is 7.15. The topological polar surface area (TPSA) is 101 Å². The molecule has 3 rings (SSSR count). The van der Waals surface area contributed by atoms with E-state index in [0.717, 1.165) is 12.0 Å². The maximum Gasteiger partial charge on any atom is 0.338 e. The first-order chi connectivity index (χ1) is 13.6. The van der Waals surface area contributed by atoms with Crippen molar-refractivity contribution in [1.82, 2.24) is 4.90 Å². The van der Waals surface area contributed by atoms with Crippen LogP contribution in [0.5, 0.6) is 5.75 Å². The predicted octanol–water partition coefficient (Wildman–Crippen LogP) is 3.42. The first-order valence-corrected chi connectivity index (χ1v) is 9.87. The van der Waals surface area contributed by atoms with Gasteiger partial charge in [0.25, 0.3) is 0 Å². The van der Waals surface area contributed by atoms with Crippen molar-refractivity contribution < 1.29 is 14.3 Å². The smallest absolute Gasteiger partial charge is 0.338 e. The molecule has 2 N–H and O–H groups in total. The highest BCUT2D eigenvalue weighted by Crippen LogP contribution is 2.47. The monoisotopic (exact) mass is 398 g/mol. The molecule has 2 aliphatic heterocycles. The van der Waals surface area contributed by atoms with Gasteiger partial charge in [-0.1, -0.05) is 31.5 Å². The van der Waals surface area contributed by atoms with Gasteiger partial charge in [-0.3, -0.25) is 4.90 Å². The number of nitriles is 1. The molecule has 0 fully saturated rings. The zero-order chi connectivity index (χ0) is 20.3. The van der Waals surface area contributed by atoms with E-state index in [1.807, 2.05) is 31.2 Å². The number of carbonyl (C=O) groups excluding carboxylic acids is 1. The molecule has 0 amide bonds. The lowest BCUT2D eigenvalue weighted by molar-refractivity contribution is -0.139. The minimum atomic E-state index is -0.581. The summed E-state index contributed by atoms with van der Waals surface area (Å²) in [4.78, 5) is 19.7. The zero-order valence-electron chi connectivity index (χ0n) is 16.1. The second-order valence-electron chi connectivity index (χ2n) is 6.17. The van der Waals surface area contributed by atoms with E-state index in [1.165, 1.54) is 11.8 Å². The molecule has 0 unspecified atom stereocenters. The third kappa shape index (κ3) is 3.34. The Bertz CT molecular complexity index is 930. The minimum Gasteiger partial charge on any atom is -0.496 e. The van der Waals surface area contributed by atoms with E-state index >= 15 is 0 Å². The van der Waals surface area contributed by atoms with Crippen molar-refractivity contribution in [2.45, 2.75) is 32.7 Å². The van der Waals surface area contributed by atoms with Crippen LogP contribution in [0, 0.1) is 11.3 Å². The summed E-state index contributed by atoms with van der Waals surface area (Å²) in [5.74, 6) is 0.460. The maximum atomic E-state index is 13.0. The molecule has 8 heteroatoms. The Morgan fingerprint density at radius 1 is 1.39 bits per heavy atom. The van der Waals surface area contributed by atoms with Crippen LogP contribution in [0.4, 0.5) is 0 Å². The number of amidine groups is 1. The minimum absolute atomic E-state index is 0.250. The Morgan fingerprint density at radius 3 is 2.79 bits per heavy atom. The van der Waals surface area contributed by atoms with Gasteiger partial charge in [0.15, 0.2) is 5.17 Å². The Morgan fingerprint density at radius 2 is 2.14 bits per heavy atom. The number of allylic oxidation sites excluding steroid dienone is 2. The highest BCUT2D eigenvalue weighted by molar-refractivity contribution is 8.17. The van der Waals surface area contributed by atoms with Crippen LogP contribution < -0.4 is 10.5 Å². The fourth-order valence-corrected chi connectivity index (χ4v) is 4.22. The SMILES string of the molecule is CCCC1=C(C(=O)OCC)[C@H](c2ccccc2OC)N2C(=N1)SC(C#N)=C2N. The maximum absolute atomic E-state index is 13.0. The van der Waals surface area contributed by atoms with Crippen LogP contribution in [0.3, 0.4) is 0 Å². The summed E-state index contributed by atoms with van der Waals surface area (Å²) < 4.78 is 10.9. The summed E-state index contributed by atoms with van der Waals surface area (Å²) in [6.45, 7) is 4.04. The van der Waals surface area contributed by atoms with Crippen LogP contribution in [0.25, 0.3) is 0 Å². The number of benzene rings is 1. The van der Waals surface area contributed by atoms with Gasteiger partial charge in [0.2, 0.25) is 0 Å². The number of esters is 1. The summed E-state index contributed by atoms with van der Waals surface area (Å²) in [6.07, 6.45) is 1.42. The molecule has 2 aliphatic rings.